The molecule has 0 aromatic heterocycles. The van der Waals surface area contributed by atoms with Gasteiger partial charge in [-0.1, -0.05) is 12.1 Å². The van der Waals surface area contributed by atoms with Crippen LogP contribution in [0.4, 0.5) is 0 Å². The van der Waals surface area contributed by atoms with Gasteiger partial charge in [-0.15, -0.1) is 0 Å². The molecule has 0 bridgehead atoms. The van der Waals surface area contributed by atoms with E-state index in [1.807, 2.05) is 24.3 Å². The average Bonchev–Trinajstić information content (AvgIpc) is 2.68. The monoisotopic (exact) mass is 373 g/mol. The molecular formula is C21H35N5O. The minimum absolute atomic E-state index is 0.0231. The van der Waals surface area contributed by atoms with Crippen molar-refractivity contribution < 1.29 is 4.79 Å². The number of carbonyl (C=O) groups is 1. The molecule has 1 atom stereocenters. The van der Waals surface area contributed by atoms with E-state index in [4.69, 9.17) is 0 Å². The Labute approximate surface area is 164 Å². The van der Waals surface area contributed by atoms with E-state index >= 15 is 0 Å². The largest absolute Gasteiger partial charge is 0.356 e. The summed E-state index contributed by atoms with van der Waals surface area (Å²) in [6, 6.07) is 8.33. The Kier molecular flexibility index (Phi) is 8.10. The summed E-state index contributed by atoms with van der Waals surface area (Å²) < 4.78 is 0. The van der Waals surface area contributed by atoms with E-state index in [0.29, 0.717) is 24.1 Å². The molecule has 1 unspecified atom stereocenters. The quantitative estimate of drug-likeness (QED) is 0.593. The molecule has 1 aliphatic rings. The van der Waals surface area contributed by atoms with Crippen molar-refractivity contribution in [2.24, 2.45) is 10.9 Å². The Hall–Kier alpha value is -2.08. The predicted octanol–water partition coefficient (Wildman–Crippen LogP) is 2.17. The zero-order valence-electron chi connectivity index (χ0n) is 17.5. The molecule has 0 aliphatic carbocycles. The third-order valence-corrected chi connectivity index (χ3v) is 5.13. The molecule has 6 nitrogen and oxygen atoms in total. The molecule has 1 aromatic carbocycles. The smallest absolute Gasteiger partial charge is 0.253 e. The van der Waals surface area contributed by atoms with Gasteiger partial charge in [-0.05, 0) is 56.8 Å². The fourth-order valence-electron chi connectivity index (χ4n) is 3.40. The van der Waals surface area contributed by atoms with E-state index < -0.39 is 0 Å². The molecule has 27 heavy (non-hydrogen) atoms. The van der Waals surface area contributed by atoms with Crippen LogP contribution in [-0.4, -0.2) is 68.5 Å². The van der Waals surface area contributed by atoms with Crippen molar-refractivity contribution in [1.29, 1.82) is 0 Å². The van der Waals surface area contributed by atoms with Gasteiger partial charge >= 0.3 is 0 Å². The highest BCUT2D eigenvalue weighted by Crippen LogP contribution is 2.17. The van der Waals surface area contributed by atoms with Crippen molar-refractivity contribution in [1.82, 2.24) is 20.4 Å². The molecule has 6 heteroatoms. The molecular weight excluding hydrogens is 338 g/mol. The van der Waals surface area contributed by atoms with E-state index in [2.05, 4.69) is 34.4 Å². The lowest BCUT2D eigenvalue weighted by atomic mass is 9.97. The number of piperidine rings is 1. The van der Waals surface area contributed by atoms with Crippen LogP contribution in [0.1, 0.15) is 42.6 Å². The first-order chi connectivity index (χ1) is 12.9. The van der Waals surface area contributed by atoms with E-state index in [0.717, 1.165) is 24.6 Å². The molecule has 150 valence electrons. The normalized spacial score (nSPS) is 18.4. The SMILES string of the molecule is CN=C(NCc1ccc(C(=O)N(C)C)cc1)NCC1CCCN(C(C)C)C1. The van der Waals surface area contributed by atoms with Crippen molar-refractivity contribution in [3.8, 4) is 0 Å². The molecule has 1 heterocycles. The predicted molar refractivity (Wildman–Crippen MR) is 112 cm³/mol. The molecule has 2 rings (SSSR count). The van der Waals surface area contributed by atoms with Crippen molar-refractivity contribution in [3.63, 3.8) is 0 Å². The standard InChI is InChI=1S/C21H35N5O/c1-16(2)26-12-6-7-18(15-26)14-24-21(22-3)23-13-17-8-10-19(11-9-17)20(27)25(4)5/h8-11,16,18H,6-7,12-15H2,1-5H3,(H2,22,23,24). The minimum atomic E-state index is 0.0231. The van der Waals surface area contributed by atoms with Crippen LogP contribution < -0.4 is 10.6 Å². The second-order valence-electron chi connectivity index (χ2n) is 7.80. The average molecular weight is 374 g/mol. The number of hydrogen-bond acceptors (Lipinski definition) is 3. The highest BCUT2D eigenvalue weighted by molar-refractivity contribution is 5.93. The molecule has 0 saturated carbocycles. The summed E-state index contributed by atoms with van der Waals surface area (Å²) in [6.07, 6.45) is 2.54. The van der Waals surface area contributed by atoms with Gasteiger partial charge in [0.2, 0.25) is 0 Å². The number of benzene rings is 1. The molecule has 1 aliphatic heterocycles. The highest BCUT2D eigenvalue weighted by Gasteiger charge is 2.21. The summed E-state index contributed by atoms with van der Waals surface area (Å²) in [7, 11) is 5.33. The summed E-state index contributed by atoms with van der Waals surface area (Å²) in [4.78, 5) is 20.4. The molecule has 1 saturated heterocycles. The number of guanidine groups is 1. The second kappa shape index (κ2) is 10.3. The van der Waals surface area contributed by atoms with Crippen LogP contribution in [0.5, 0.6) is 0 Å². The van der Waals surface area contributed by atoms with Gasteiger partial charge in [-0.2, -0.15) is 0 Å². The van der Waals surface area contributed by atoms with Crippen LogP contribution in [0.2, 0.25) is 0 Å². The maximum Gasteiger partial charge on any atom is 0.253 e. The van der Waals surface area contributed by atoms with Crippen LogP contribution in [0, 0.1) is 5.92 Å². The summed E-state index contributed by atoms with van der Waals surface area (Å²) in [6.45, 7) is 8.54. The number of rotatable bonds is 6. The number of likely N-dealkylation sites (tertiary alicyclic amines) is 1. The van der Waals surface area contributed by atoms with E-state index in [1.54, 1.807) is 26.0 Å². The van der Waals surface area contributed by atoms with Crippen LogP contribution in [0.25, 0.3) is 0 Å². The van der Waals surface area contributed by atoms with Crippen molar-refractivity contribution in [3.05, 3.63) is 35.4 Å². The lowest BCUT2D eigenvalue weighted by molar-refractivity contribution is 0.0827. The minimum Gasteiger partial charge on any atom is -0.356 e. The number of amides is 1. The number of aliphatic imine (C=N–C) groups is 1. The van der Waals surface area contributed by atoms with Gasteiger partial charge in [0.25, 0.3) is 5.91 Å². The number of hydrogen-bond donors (Lipinski definition) is 2. The van der Waals surface area contributed by atoms with Gasteiger partial charge in [0, 0.05) is 52.4 Å². The third kappa shape index (κ3) is 6.54. The van der Waals surface area contributed by atoms with Crippen molar-refractivity contribution in [2.45, 2.75) is 39.3 Å². The van der Waals surface area contributed by atoms with E-state index in [1.165, 1.54) is 19.4 Å². The lowest BCUT2D eigenvalue weighted by Gasteiger charge is -2.35. The Morgan fingerprint density at radius 1 is 1.26 bits per heavy atom. The number of nitrogens with one attached hydrogen (secondary N) is 2. The van der Waals surface area contributed by atoms with Gasteiger partial charge < -0.3 is 20.4 Å². The fourth-order valence-corrected chi connectivity index (χ4v) is 3.40. The molecule has 0 spiro atoms. The fraction of sp³-hybridized carbons (Fsp3) is 0.619. The summed E-state index contributed by atoms with van der Waals surface area (Å²) >= 11 is 0. The summed E-state index contributed by atoms with van der Waals surface area (Å²) in [5.41, 5.74) is 1.83. The van der Waals surface area contributed by atoms with E-state index in [-0.39, 0.29) is 5.91 Å². The Morgan fingerprint density at radius 3 is 2.56 bits per heavy atom. The number of nitrogens with zero attached hydrogens (tertiary/aromatic N) is 3. The van der Waals surface area contributed by atoms with Crippen LogP contribution in [0.3, 0.4) is 0 Å². The third-order valence-electron chi connectivity index (χ3n) is 5.13. The van der Waals surface area contributed by atoms with Gasteiger partial charge in [0.05, 0.1) is 0 Å². The van der Waals surface area contributed by atoms with Crippen molar-refractivity contribution >= 4 is 11.9 Å². The van der Waals surface area contributed by atoms with Crippen molar-refractivity contribution in [2.75, 3.05) is 40.8 Å². The maximum absolute atomic E-state index is 11.9. The lowest BCUT2D eigenvalue weighted by Crippen LogP contribution is -2.45. The van der Waals surface area contributed by atoms with Gasteiger partial charge in [0.1, 0.15) is 0 Å². The van der Waals surface area contributed by atoms with Gasteiger partial charge in [-0.3, -0.25) is 9.79 Å². The van der Waals surface area contributed by atoms with Crippen LogP contribution >= 0.6 is 0 Å². The molecule has 1 amide bonds. The first-order valence-corrected chi connectivity index (χ1v) is 9.90. The number of carbonyl (C=O) groups excluding carboxylic acids is 1. The maximum atomic E-state index is 11.9. The first kappa shape index (κ1) is 21.2. The van der Waals surface area contributed by atoms with Gasteiger partial charge in [0.15, 0.2) is 5.96 Å². The summed E-state index contributed by atoms with van der Waals surface area (Å²) in [5, 5.41) is 6.83. The Morgan fingerprint density at radius 2 is 1.96 bits per heavy atom. The Bertz CT molecular complexity index is 624. The topological polar surface area (TPSA) is 60.0 Å². The zero-order valence-corrected chi connectivity index (χ0v) is 17.5. The zero-order chi connectivity index (χ0) is 19.8. The Balaban J connectivity index is 1.79. The summed E-state index contributed by atoms with van der Waals surface area (Å²) in [5.74, 6) is 1.51. The molecule has 1 aromatic rings. The molecule has 0 radical (unpaired) electrons. The second-order valence-corrected chi connectivity index (χ2v) is 7.80. The highest BCUT2D eigenvalue weighted by atomic mass is 16.2. The molecule has 2 N–H and O–H groups in total. The van der Waals surface area contributed by atoms with Gasteiger partial charge in [-0.25, -0.2) is 0 Å². The van der Waals surface area contributed by atoms with E-state index in [9.17, 15) is 4.79 Å². The first-order valence-electron chi connectivity index (χ1n) is 9.90. The molecule has 1 fully saturated rings. The van der Waals surface area contributed by atoms with Crippen LogP contribution in [-0.2, 0) is 6.54 Å². The van der Waals surface area contributed by atoms with Crippen LogP contribution in [0.15, 0.2) is 29.3 Å².